The highest BCUT2D eigenvalue weighted by molar-refractivity contribution is 6.03. The molecule has 3 rings (SSSR count). The Morgan fingerprint density at radius 2 is 1.96 bits per heavy atom. The quantitative estimate of drug-likeness (QED) is 0.669. The van der Waals surface area contributed by atoms with Crippen LogP contribution < -0.4 is 15.4 Å². The van der Waals surface area contributed by atoms with E-state index in [9.17, 15) is 9.18 Å². The second-order valence-corrected chi connectivity index (χ2v) is 5.74. The van der Waals surface area contributed by atoms with Crippen LogP contribution in [0.2, 0.25) is 0 Å². The van der Waals surface area contributed by atoms with Crippen molar-refractivity contribution in [1.82, 2.24) is 9.97 Å². The molecule has 0 aliphatic heterocycles. The SMILES string of the molecule is COc1cccc(NC(=O)c2cc(NCCc3ccccc3F)ncn2)c1. The Labute approximate surface area is 156 Å². The van der Waals surface area contributed by atoms with Gasteiger partial charge in [-0.3, -0.25) is 4.79 Å². The highest BCUT2D eigenvalue weighted by atomic mass is 19.1. The topological polar surface area (TPSA) is 76.1 Å². The Morgan fingerprint density at radius 3 is 2.78 bits per heavy atom. The van der Waals surface area contributed by atoms with Gasteiger partial charge < -0.3 is 15.4 Å². The van der Waals surface area contributed by atoms with Crippen molar-refractivity contribution in [3.63, 3.8) is 0 Å². The first-order chi connectivity index (χ1) is 13.2. The van der Waals surface area contributed by atoms with Crippen LogP contribution in [-0.2, 0) is 6.42 Å². The summed E-state index contributed by atoms with van der Waals surface area (Å²) in [5.74, 6) is 0.547. The molecule has 0 spiro atoms. The molecule has 6 nitrogen and oxygen atoms in total. The number of halogens is 1. The van der Waals surface area contributed by atoms with Crippen molar-refractivity contribution in [3.8, 4) is 5.75 Å². The number of hydrogen-bond donors (Lipinski definition) is 2. The minimum absolute atomic E-state index is 0.223. The van der Waals surface area contributed by atoms with E-state index in [4.69, 9.17) is 4.74 Å². The lowest BCUT2D eigenvalue weighted by Crippen LogP contribution is -2.15. The van der Waals surface area contributed by atoms with Crippen LogP contribution in [0.4, 0.5) is 15.9 Å². The lowest BCUT2D eigenvalue weighted by molar-refractivity contribution is 0.102. The van der Waals surface area contributed by atoms with Gasteiger partial charge in [0.05, 0.1) is 7.11 Å². The molecule has 0 aliphatic rings. The molecule has 138 valence electrons. The Kier molecular flexibility index (Phi) is 5.94. The molecule has 2 N–H and O–H groups in total. The van der Waals surface area contributed by atoms with E-state index in [-0.39, 0.29) is 17.4 Å². The largest absolute Gasteiger partial charge is 0.497 e. The van der Waals surface area contributed by atoms with Crippen LogP contribution >= 0.6 is 0 Å². The number of benzene rings is 2. The fourth-order valence-electron chi connectivity index (χ4n) is 2.50. The molecule has 2 aromatic carbocycles. The van der Waals surface area contributed by atoms with Gasteiger partial charge in [0.1, 0.15) is 29.4 Å². The minimum Gasteiger partial charge on any atom is -0.497 e. The summed E-state index contributed by atoms with van der Waals surface area (Å²) in [4.78, 5) is 20.5. The second kappa shape index (κ2) is 8.75. The van der Waals surface area contributed by atoms with E-state index >= 15 is 0 Å². The maximum Gasteiger partial charge on any atom is 0.274 e. The number of carbonyl (C=O) groups is 1. The zero-order chi connectivity index (χ0) is 19.1. The fourth-order valence-corrected chi connectivity index (χ4v) is 2.50. The van der Waals surface area contributed by atoms with Crippen LogP contribution in [0.3, 0.4) is 0 Å². The molecule has 0 aliphatic carbocycles. The molecule has 0 saturated carbocycles. The van der Waals surface area contributed by atoms with Gasteiger partial charge >= 0.3 is 0 Å². The molecule has 0 radical (unpaired) electrons. The monoisotopic (exact) mass is 366 g/mol. The molecule has 0 atom stereocenters. The number of anilines is 2. The molecule has 1 aromatic heterocycles. The highest BCUT2D eigenvalue weighted by Crippen LogP contribution is 2.17. The number of aromatic nitrogens is 2. The highest BCUT2D eigenvalue weighted by Gasteiger charge is 2.10. The summed E-state index contributed by atoms with van der Waals surface area (Å²) >= 11 is 0. The zero-order valence-electron chi connectivity index (χ0n) is 14.8. The molecule has 3 aromatic rings. The van der Waals surface area contributed by atoms with E-state index in [2.05, 4.69) is 20.6 Å². The van der Waals surface area contributed by atoms with Gasteiger partial charge in [0.25, 0.3) is 5.91 Å². The number of rotatable bonds is 7. The predicted molar refractivity (Wildman–Crippen MR) is 102 cm³/mol. The number of methoxy groups -OCH3 is 1. The van der Waals surface area contributed by atoms with Crippen molar-refractivity contribution >= 4 is 17.4 Å². The van der Waals surface area contributed by atoms with E-state index in [0.717, 1.165) is 0 Å². The molecule has 1 amide bonds. The van der Waals surface area contributed by atoms with E-state index in [1.165, 1.54) is 12.4 Å². The van der Waals surface area contributed by atoms with Crippen molar-refractivity contribution in [2.75, 3.05) is 24.3 Å². The number of hydrogen-bond acceptors (Lipinski definition) is 5. The summed E-state index contributed by atoms with van der Waals surface area (Å²) < 4.78 is 18.8. The molecule has 7 heteroatoms. The standard InChI is InChI=1S/C20H19FN4O2/c1-27-16-7-4-6-15(11-16)25-20(26)18-12-19(24-13-23-18)22-10-9-14-5-2-3-8-17(14)21/h2-8,11-13H,9-10H2,1H3,(H,25,26)(H,22,23,24). The molecule has 0 unspecified atom stereocenters. The minimum atomic E-state index is -0.359. The van der Waals surface area contributed by atoms with Crippen molar-refractivity contribution < 1.29 is 13.9 Å². The second-order valence-electron chi connectivity index (χ2n) is 5.74. The lowest BCUT2D eigenvalue weighted by atomic mass is 10.1. The smallest absolute Gasteiger partial charge is 0.274 e. The van der Waals surface area contributed by atoms with Crippen molar-refractivity contribution in [2.24, 2.45) is 0 Å². The first-order valence-corrected chi connectivity index (χ1v) is 8.40. The Balaban J connectivity index is 1.60. The van der Waals surface area contributed by atoms with Gasteiger partial charge in [-0.2, -0.15) is 0 Å². The Hall–Kier alpha value is -3.48. The third-order valence-corrected chi connectivity index (χ3v) is 3.89. The van der Waals surface area contributed by atoms with Crippen LogP contribution in [0.25, 0.3) is 0 Å². The summed E-state index contributed by atoms with van der Waals surface area (Å²) in [7, 11) is 1.56. The van der Waals surface area contributed by atoms with Crippen LogP contribution in [0.5, 0.6) is 5.75 Å². The number of nitrogens with zero attached hydrogens (tertiary/aromatic N) is 2. The van der Waals surface area contributed by atoms with Gasteiger partial charge in [0.2, 0.25) is 0 Å². The molecular formula is C20H19FN4O2. The predicted octanol–water partition coefficient (Wildman–Crippen LogP) is 3.53. The van der Waals surface area contributed by atoms with Gasteiger partial charge in [0.15, 0.2) is 0 Å². The van der Waals surface area contributed by atoms with E-state index in [1.54, 1.807) is 55.6 Å². The number of amides is 1. The third-order valence-electron chi connectivity index (χ3n) is 3.89. The van der Waals surface area contributed by atoms with Crippen LogP contribution in [-0.4, -0.2) is 29.5 Å². The Bertz CT molecular complexity index is 933. The van der Waals surface area contributed by atoms with Gasteiger partial charge in [-0.25, -0.2) is 14.4 Å². The van der Waals surface area contributed by atoms with Crippen molar-refractivity contribution in [2.45, 2.75) is 6.42 Å². The molecule has 1 heterocycles. The maximum absolute atomic E-state index is 13.6. The van der Waals surface area contributed by atoms with E-state index < -0.39 is 0 Å². The normalized spacial score (nSPS) is 10.3. The lowest BCUT2D eigenvalue weighted by Gasteiger charge is -2.09. The van der Waals surface area contributed by atoms with E-state index in [1.807, 2.05) is 0 Å². The van der Waals surface area contributed by atoms with Gasteiger partial charge in [0, 0.05) is 24.4 Å². The third kappa shape index (κ3) is 5.01. The van der Waals surface area contributed by atoms with Crippen molar-refractivity contribution in [1.29, 1.82) is 0 Å². The number of nitrogens with one attached hydrogen (secondary N) is 2. The molecular weight excluding hydrogens is 347 g/mol. The average molecular weight is 366 g/mol. The van der Waals surface area contributed by atoms with Gasteiger partial charge in [-0.05, 0) is 30.2 Å². The Morgan fingerprint density at radius 1 is 1.11 bits per heavy atom. The summed E-state index contributed by atoms with van der Waals surface area (Å²) in [5.41, 5.74) is 1.45. The zero-order valence-corrected chi connectivity index (χ0v) is 14.8. The average Bonchev–Trinajstić information content (AvgIpc) is 2.70. The van der Waals surface area contributed by atoms with Crippen LogP contribution in [0.1, 0.15) is 16.1 Å². The van der Waals surface area contributed by atoms with Crippen LogP contribution in [0.15, 0.2) is 60.9 Å². The fraction of sp³-hybridized carbons (Fsp3) is 0.150. The molecule has 27 heavy (non-hydrogen) atoms. The molecule has 0 saturated heterocycles. The summed E-state index contributed by atoms with van der Waals surface area (Å²) in [6, 6.07) is 15.2. The summed E-state index contributed by atoms with van der Waals surface area (Å²) in [6.07, 6.45) is 1.81. The van der Waals surface area contributed by atoms with Gasteiger partial charge in [-0.1, -0.05) is 24.3 Å². The number of carbonyl (C=O) groups excluding carboxylic acids is 1. The summed E-state index contributed by atoms with van der Waals surface area (Å²) in [5, 5.41) is 5.84. The number of ether oxygens (including phenoxy) is 1. The van der Waals surface area contributed by atoms with Crippen molar-refractivity contribution in [3.05, 3.63) is 78.0 Å². The summed E-state index contributed by atoms with van der Waals surface area (Å²) in [6.45, 7) is 0.481. The molecule has 0 fully saturated rings. The van der Waals surface area contributed by atoms with E-state index in [0.29, 0.717) is 35.8 Å². The first-order valence-electron chi connectivity index (χ1n) is 8.40. The first kappa shape index (κ1) is 18.3. The van der Waals surface area contributed by atoms with Gasteiger partial charge in [-0.15, -0.1) is 0 Å². The molecule has 0 bridgehead atoms. The maximum atomic E-state index is 13.6. The van der Waals surface area contributed by atoms with Crippen LogP contribution in [0, 0.1) is 5.82 Å².